The molecule has 0 aliphatic rings. The van der Waals surface area contributed by atoms with E-state index in [1.54, 1.807) is 36.2 Å². The molecule has 6 heteroatoms. The summed E-state index contributed by atoms with van der Waals surface area (Å²) in [6, 6.07) is 10.5. The molecule has 0 saturated heterocycles. The summed E-state index contributed by atoms with van der Waals surface area (Å²) in [6.45, 7) is 0.224. The van der Waals surface area contributed by atoms with Gasteiger partial charge in [0.25, 0.3) is 0 Å². The van der Waals surface area contributed by atoms with Gasteiger partial charge in [-0.25, -0.2) is 8.78 Å². The Morgan fingerprint density at radius 3 is 2.62 bits per heavy atom. The average molecular weight is 291 g/mol. The Bertz CT molecular complexity index is 674. The lowest BCUT2D eigenvalue weighted by Crippen LogP contribution is -2.23. The molecule has 0 bridgehead atoms. The van der Waals surface area contributed by atoms with Crippen LogP contribution in [0.2, 0.25) is 0 Å². The highest BCUT2D eigenvalue weighted by Crippen LogP contribution is 2.22. The molecule has 0 aliphatic heterocycles. The molecule has 4 nitrogen and oxygen atoms in total. The highest BCUT2D eigenvalue weighted by atomic mass is 19.1. The van der Waals surface area contributed by atoms with Crippen molar-refractivity contribution in [3.8, 4) is 0 Å². The third-order valence-corrected chi connectivity index (χ3v) is 3.12. The average Bonchev–Trinajstić information content (AvgIpc) is 2.49. The Labute approximate surface area is 121 Å². The monoisotopic (exact) mass is 291 g/mol. The van der Waals surface area contributed by atoms with Gasteiger partial charge < -0.3 is 15.8 Å². The van der Waals surface area contributed by atoms with Gasteiger partial charge in [-0.1, -0.05) is 23.4 Å². The molecule has 0 aromatic heterocycles. The molecule has 2 rings (SSSR count). The van der Waals surface area contributed by atoms with Crippen LogP contribution in [0.25, 0.3) is 0 Å². The summed E-state index contributed by atoms with van der Waals surface area (Å²) >= 11 is 0. The molecule has 0 fully saturated rings. The first kappa shape index (κ1) is 14.8. The third-order valence-electron chi connectivity index (χ3n) is 3.12. The second-order valence-corrected chi connectivity index (χ2v) is 4.59. The number of anilines is 1. The molecule has 0 unspecified atom stereocenters. The molecule has 0 atom stereocenters. The zero-order valence-electron chi connectivity index (χ0n) is 11.4. The van der Waals surface area contributed by atoms with Crippen LogP contribution in [-0.4, -0.2) is 18.1 Å². The van der Waals surface area contributed by atoms with E-state index in [0.29, 0.717) is 16.8 Å². The molecule has 0 saturated carbocycles. The second kappa shape index (κ2) is 6.21. The molecule has 0 spiro atoms. The van der Waals surface area contributed by atoms with Gasteiger partial charge in [0.15, 0.2) is 5.84 Å². The van der Waals surface area contributed by atoms with Gasteiger partial charge >= 0.3 is 0 Å². The molecule has 21 heavy (non-hydrogen) atoms. The van der Waals surface area contributed by atoms with Crippen molar-refractivity contribution in [3.63, 3.8) is 0 Å². The Hall–Kier alpha value is -2.63. The van der Waals surface area contributed by atoms with E-state index in [-0.39, 0.29) is 12.4 Å². The van der Waals surface area contributed by atoms with Gasteiger partial charge in [0.2, 0.25) is 0 Å². The maximum atomic E-state index is 13.7. The number of rotatable bonds is 4. The minimum absolute atomic E-state index is 0.0305. The van der Waals surface area contributed by atoms with Crippen molar-refractivity contribution in [2.75, 3.05) is 11.9 Å². The Balaban J connectivity index is 2.30. The van der Waals surface area contributed by atoms with E-state index >= 15 is 0 Å². The first-order valence-electron chi connectivity index (χ1n) is 6.25. The van der Waals surface area contributed by atoms with Crippen molar-refractivity contribution in [1.82, 2.24) is 0 Å². The summed E-state index contributed by atoms with van der Waals surface area (Å²) < 4.78 is 26.6. The number of hydrogen-bond donors (Lipinski definition) is 2. The van der Waals surface area contributed by atoms with Crippen LogP contribution in [0.3, 0.4) is 0 Å². The van der Waals surface area contributed by atoms with Crippen LogP contribution in [0, 0.1) is 11.6 Å². The molecular formula is C15H15F2N3O. The first-order valence-corrected chi connectivity index (χ1v) is 6.25. The molecule has 0 aliphatic carbocycles. The summed E-state index contributed by atoms with van der Waals surface area (Å²) in [6.07, 6.45) is 0. The van der Waals surface area contributed by atoms with Gasteiger partial charge in [-0.2, -0.15) is 0 Å². The summed E-state index contributed by atoms with van der Waals surface area (Å²) in [4.78, 5) is 1.74. The van der Waals surface area contributed by atoms with Crippen LogP contribution in [0.15, 0.2) is 47.6 Å². The van der Waals surface area contributed by atoms with Crippen molar-refractivity contribution in [1.29, 1.82) is 0 Å². The van der Waals surface area contributed by atoms with E-state index in [1.807, 2.05) is 0 Å². The van der Waals surface area contributed by atoms with E-state index in [1.165, 1.54) is 12.1 Å². The second-order valence-electron chi connectivity index (χ2n) is 4.59. The fraction of sp³-hybridized carbons (Fsp3) is 0.133. The van der Waals surface area contributed by atoms with E-state index in [4.69, 9.17) is 10.9 Å². The summed E-state index contributed by atoms with van der Waals surface area (Å²) in [5.41, 5.74) is 7.19. The van der Waals surface area contributed by atoms with Crippen LogP contribution in [-0.2, 0) is 6.54 Å². The van der Waals surface area contributed by atoms with Crippen molar-refractivity contribution in [2.45, 2.75) is 6.54 Å². The lowest BCUT2D eigenvalue weighted by atomic mass is 10.1. The first-order chi connectivity index (χ1) is 10.0. The molecule has 2 aromatic rings. The minimum Gasteiger partial charge on any atom is -0.409 e. The normalized spacial score (nSPS) is 11.5. The standard InChI is InChI=1S/C15H15F2N3O/c1-20(9-10-6-7-11(16)8-13(10)17)14-5-3-2-4-12(14)15(18)19-21/h2-8,21H,9H2,1H3,(H2,18,19). The van der Waals surface area contributed by atoms with E-state index in [2.05, 4.69) is 5.16 Å². The summed E-state index contributed by atoms with van der Waals surface area (Å²) in [5.74, 6) is -1.25. The minimum atomic E-state index is -0.615. The summed E-state index contributed by atoms with van der Waals surface area (Å²) in [7, 11) is 1.74. The maximum Gasteiger partial charge on any atom is 0.172 e. The number of nitrogens with zero attached hydrogens (tertiary/aromatic N) is 2. The topological polar surface area (TPSA) is 61.8 Å². The number of amidine groups is 1. The van der Waals surface area contributed by atoms with Crippen LogP contribution in [0.5, 0.6) is 0 Å². The zero-order valence-corrected chi connectivity index (χ0v) is 11.4. The Kier molecular flexibility index (Phi) is 4.37. The number of para-hydroxylation sites is 1. The SMILES string of the molecule is CN(Cc1ccc(F)cc1F)c1ccccc1/C(N)=N/O. The van der Waals surface area contributed by atoms with Gasteiger partial charge in [0.1, 0.15) is 11.6 Å². The number of benzene rings is 2. The van der Waals surface area contributed by atoms with E-state index < -0.39 is 11.6 Å². The van der Waals surface area contributed by atoms with Crippen LogP contribution in [0.1, 0.15) is 11.1 Å². The third kappa shape index (κ3) is 3.28. The highest BCUT2D eigenvalue weighted by molar-refractivity contribution is 6.02. The summed E-state index contributed by atoms with van der Waals surface area (Å²) in [5, 5.41) is 11.8. The number of oxime groups is 1. The van der Waals surface area contributed by atoms with Gasteiger partial charge in [-0.05, 0) is 18.2 Å². The smallest absolute Gasteiger partial charge is 0.172 e. The molecule has 3 N–H and O–H groups in total. The van der Waals surface area contributed by atoms with Crippen LogP contribution < -0.4 is 10.6 Å². The fourth-order valence-electron chi connectivity index (χ4n) is 2.07. The van der Waals surface area contributed by atoms with Gasteiger partial charge in [-0.15, -0.1) is 0 Å². The van der Waals surface area contributed by atoms with Gasteiger partial charge in [0.05, 0.1) is 0 Å². The molecule has 0 amide bonds. The lowest BCUT2D eigenvalue weighted by Gasteiger charge is -2.22. The largest absolute Gasteiger partial charge is 0.409 e. The van der Waals surface area contributed by atoms with Crippen molar-refractivity contribution < 1.29 is 14.0 Å². The maximum absolute atomic E-state index is 13.7. The predicted octanol–water partition coefficient (Wildman–Crippen LogP) is 2.70. The molecular weight excluding hydrogens is 276 g/mol. The Morgan fingerprint density at radius 1 is 1.24 bits per heavy atom. The predicted molar refractivity (Wildman–Crippen MR) is 77.4 cm³/mol. The van der Waals surface area contributed by atoms with Crippen LogP contribution >= 0.6 is 0 Å². The zero-order chi connectivity index (χ0) is 15.4. The number of hydrogen-bond acceptors (Lipinski definition) is 3. The fourth-order valence-corrected chi connectivity index (χ4v) is 2.07. The van der Waals surface area contributed by atoms with Gasteiger partial charge in [-0.3, -0.25) is 0 Å². The quantitative estimate of drug-likeness (QED) is 0.394. The van der Waals surface area contributed by atoms with Crippen molar-refractivity contribution in [3.05, 3.63) is 65.2 Å². The molecule has 0 heterocycles. The van der Waals surface area contributed by atoms with Gasteiger partial charge in [0, 0.05) is 36.5 Å². The van der Waals surface area contributed by atoms with Crippen molar-refractivity contribution in [2.24, 2.45) is 10.9 Å². The molecule has 110 valence electrons. The van der Waals surface area contributed by atoms with E-state index in [0.717, 1.165) is 6.07 Å². The highest BCUT2D eigenvalue weighted by Gasteiger charge is 2.13. The lowest BCUT2D eigenvalue weighted by molar-refractivity contribution is 0.318. The van der Waals surface area contributed by atoms with Crippen molar-refractivity contribution >= 4 is 11.5 Å². The van der Waals surface area contributed by atoms with E-state index in [9.17, 15) is 8.78 Å². The number of nitrogens with two attached hydrogens (primary N) is 1. The molecule has 2 aromatic carbocycles. The van der Waals surface area contributed by atoms with Crippen LogP contribution in [0.4, 0.5) is 14.5 Å². The molecule has 0 radical (unpaired) electrons. The Morgan fingerprint density at radius 2 is 1.95 bits per heavy atom. The number of halogens is 2.